The van der Waals surface area contributed by atoms with Crippen LogP contribution in [0.4, 0.5) is 0 Å². The van der Waals surface area contributed by atoms with E-state index < -0.39 is 0 Å². The molecule has 1 aliphatic heterocycles. The molecule has 0 aromatic heterocycles. The first-order valence-electron chi connectivity index (χ1n) is 9.11. The van der Waals surface area contributed by atoms with Gasteiger partial charge in [-0.3, -0.25) is 9.69 Å². The molecule has 1 amide bonds. The van der Waals surface area contributed by atoms with Crippen molar-refractivity contribution in [3.05, 3.63) is 34.9 Å². The molecule has 0 radical (unpaired) electrons. The fraction of sp³-hybridized carbons (Fsp3) is 0.632. The maximum absolute atomic E-state index is 12.3. The summed E-state index contributed by atoms with van der Waals surface area (Å²) >= 11 is 6.20. The van der Waals surface area contributed by atoms with Crippen molar-refractivity contribution in [2.24, 2.45) is 5.92 Å². The highest BCUT2D eigenvalue weighted by atomic mass is 35.5. The Balaban J connectivity index is 0.00000225. The van der Waals surface area contributed by atoms with E-state index >= 15 is 0 Å². The predicted octanol–water partition coefficient (Wildman–Crippen LogP) is 3.40. The van der Waals surface area contributed by atoms with Crippen LogP contribution < -0.4 is 10.6 Å². The Labute approximate surface area is 162 Å². The minimum Gasteiger partial charge on any atom is -0.348 e. The number of benzene rings is 1. The number of halogens is 2. The Kier molecular flexibility index (Phi) is 8.01. The largest absolute Gasteiger partial charge is 0.348 e. The van der Waals surface area contributed by atoms with Gasteiger partial charge in [0.25, 0.3) is 0 Å². The Bertz CT molecular complexity index is 557. The molecule has 1 unspecified atom stereocenters. The number of amides is 1. The summed E-state index contributed by atoms with van der Waals surface area (Å²) in [5, 5.41) is 7.44. The molecule has 1 saturated carbocycles. The number of hydrogen-bond acceptors (Lipinski definition) is 3. The van der Waals surface area contributed by atoms with Crippen LogP contribution in [0.25, 0.3) is 0 Å². The highest BCUT2D eigenvalue weighted by molar-refractivity contribution is 6.31. The number of rotatable bonds is 7. The molecule has 6 heteroatoms. The third-order valence-corrected chi connectivity index (χ3v) is 5.44. The molecule has 1 aromatic carbocycles. The molecule has 25 heavy (non-hydrogen) atoms. The van der Waals surface area contributed by atoms with Gasteiger partial charge in [-0.2, -0.15) is 0 Å². The summed E-state index contributed by atoms with van der Waals surface area (Å²) in [7, 11) is 0. The van der Waals surface area contributed by atoms with Crippen molar-refractivity contribution in [1.29, 1.82) is 0 Å². The quantitative estimate of drug-likeness (QED) is 0.755. The molecule has 2 aliphatic rings. The smallest absolute Gasteiger partial charge is 0.234 e. The van der Waals surface area contributed by atoms with Crippen LogP contribution in [-0.2, 0) is 4.79 Å². The first-order chi connectivity index (χ1) is 11.6. The lowest BCUT2D eigenvalue weighted by molar-refractivity contribution is -0.123. The van der Waals surface area contributed by atoms with Gasteiger partial charge in [0.1, 0.15) is 0 Å². The number of nitrogens with zero attached hydrogens (tertiary/aromatic N) is 1. The van der Waals surface area contributed by atoms with Gasteiger partial charge in [0, 0.05) is 24.2 Å². The fourth-order valence-electron chi connectivity index (χ4n) is 3.34. The van der Waals surface area contributed by atoms with Crippen LogP contribution in [0, 0.1) is 5.92 Å². The van der Waals surface area contributed by atoms with Crippen LogP contribution in [0.5, 0.6) is 0 Å². The van der Waals surface area contributed by atoms with Crippen molar-refractivity contribution in [3.63, 3.8) is 0 Å². The summed E-state index contributed by atoms with van der Waals surface area (Å²) in [5.41, 5.74) is 0.968. The second-order valence-electron chi connectivity index (χ2n) is 7.21. The van der Waals surface area contributed by atoms with Gasteiger partial charge >= 0.3 is 0 Å². The zero-order valence-electron chi connectivity index (χ0n) is 14.8. The number of piperidine rings is 1. The van der Waals surface area contributed by atoms with E-state index in [-0.39, 0.29) is 24.4 Å². The molecule has 1 saturated heterocycles. The fourth-order valence-corrected chi connectivity index (χ4v) is 3.64. The average molecular weight is 386 g/mol. The molecule has 0 spiro atoms. The number of carbonyl (C=O) groups excluding carboxylic acids is 1. The normalized spacial score (nSPS) is 19.9. The molecule has 2 fully saturated rings. The monoisotopic (exact) mass is 385 g/mol. The van der Waals surface area contributed by atoms with Crippen LogP contribution >= 0.6 is 24.0 Å². The SMILES string of the molecule is CC(NC(=O)CN1CCC(NCC2CC2)CC1)c1ccccc1Cl.Cl. The molecule has 4 nitrogen and oxygen atoms in total. The van der Waals surface area contributed by atoms with Crippen molar-refractivity contribution in [1.82, 2.24) is 15.5 Å². The van der Waals surface area contributed by atoms with Gasteiger partial charge in [0.15, 0.2) is 0 Å². The minimum absolute atomic E-state index is 0. The molecule has 3 rings (SSSR count). The summed E-state index contributed by atoms with van der Waals surface area (Å²) in [6, 6.07) is 8.24. The average Bonchev–Trinajstić information content (AvgIpc) is 3.39. The van der Waals surface area contributed by atoms with Gasteiger partial charge in [-0.1, -0.05) is 29.8 Å². The molecule has 1 heterocycles. The summed E-state index contributed by atoms with van der Waals surface area (Å²) < 4.78 is 0. The standard InChI is InChI=1S/C19H28ClN3O.ClH/c1-14(17-4-2-3-5-18(17)20)22-19(24)13-23-10-8-16(9-11-23)21-12-15-6-7-15;/h2-5,14-16,21H,6-13H2,1H3,(H,22,24);1H. The van der Waals surface area contributed by atoms with E-state index in [1.807, 2.05) is 31.2 Å². The van der Waals surface area contributed by atoms with E-state index in [1.54, 1.807) is 0 Å². The lowest BCUT2D eigenvalue weighted by Gasteiger charge is -2.32. The third kappa shape index (κ3) is 6.45. The molecule has 1 atom stereocenters. The van der Waals surface area contributed by atoms with Crippen LogP contribution in [0.15, 0.2) is 24.3 Å². The van der Waals surface area contributed by atoms with Crippen molar-refractivity contribution < 1.29 is 4.79 Å². The summed E-state index contributed by atoms with van der Waals surface area (Å²) in [6.45, 7) is 5.63. The Morgan fingerprint density at radius 3 is 2.56 bits per heavy atom. The summed E-state index contributed by atoms with van der Waals surface area (Å²) in [4.78, 5) is 14.6. The topological polar surface area (TPSA) is 44.4 Å². The lowest BCUT2D eigenvalue weighted by Crippen LogP contribution is -2.46. The van der Waals surface area contributed by atoms with E-state index in [2.05, 4.69) is 15.5 Å². The molecular weight excluding hydrogens is 357 g/mol. The highest BCUT2D eigenvalue weighted by Gasteiger charge is 2.25. The zero-order valence-corrected chi connectivity index (χ0v) is 16.4. The van der Waals surface area contributed by atoms with E-state index in [0.717, 1.165) is 37.4 Å². The Morgan fingerprint density at radius 2 is 1.92 bits per heavy atom. The van der Waals surface area contributed by atoms with E-state index in [0.29, 0.717) is 17.6 Å². The van der Waals surface area contributed by atoms with Crippen molar-refractivity contribution >= 4 is 29.9 Å². The number of hydrogen-bond donors (Lipinski definition) is 2. The molecule has 1 aliphatic carbocycles. The predicted molar refractivity (Wildman–Crippen MR) is 105 cm³/mol. The minimum atomic E-state index is -0.0658. The molecule has 0 bridgehead atoms. The first-order valence-corrected chi connectivity index (χ1v) is 9.49. The zero-order chi connectivity index (χ0) is 16.9. The second-order valence-corrected chi connectivity index (χ2v) is 7.62. The van der Waals surface area contributed by atoms with Gasteiger partial charge in [-0.15, -0.1) is 12.4 Å². The highest BCUT2D eigenvalue weighted by Crippen LogP contribution is 2.28. The van der Waals surface area contributed by atoms with E-state index in [9.17, 15) is 4.79 Å². The van der Waals surface area contributed by atoms with Gasteiger partial charge in [-0.05, 0) is 56.7 Å². The van der Waals surface area contributed by atoms with Crippen LogP contribution in [0.2, 0.25) is 5.02 Å². The number of carbonyl (C=O) groups is 1. The van der Waals surface area contributed by atoms with Crippen molar-refractivity contribution in [2.45, 2.75) is 44.7 Å². The Morgan fingerprint density at radius 1 is 1.24 bits per heavy atom. The second kappa shape index (κ2) is 9.77. The van der Waals surface area contributed by atoms with Gasteiger partial charge < -0.3 is 10.6 Å². The van der Waals surface area contributed by atoms with Gasteiger partial charge in [0.05, 0.1) is 12.6 Å². The Hall–Kier alpha value is -0.810. The maximum atomic E-state index is 12.3. The van der Waals surface area contributed by atoms with Crippen LogP contribution in [-0.4, -0.2) is 43.0 Å². The molecular formula is C19H29Cl2N3O. The molecule has 1 aromatic rings. The van der Waals surface area contributed by atoms with Crippen molar-refractivity contribution in [2.75, 3.05) is 26.2 Å². The van der Waals surface area contributed by atoms with Crippen LogP contribution in [0.1, 0.15) is 44.2 Å². The maximum Gasteiger partial charge on any atom is 0.234 e. The number of nitrogens with one attached hydrogen (secondary N) is 2. The van der Waals surface area contributed by atoms with Crippen LogP contribution in [0.3, 0.4) is 0 Å². The molecule has 2 N–H and O–H groups in total. The van der Waals surface area contributed by atoms with Gasteiger partial charge in [-0.25, -0.2) is 0 Å². The van der Waals surface area contributed by atoms with E-state index in [4.69, 9.17) is 11.6 Å². The molecule has 140 valence electrons. The summed E-state index contributed by atoms with van der Waals surface area (Å²) in [5.74, 6) is 1.01. The van der Waals surface area contributed by atoms with E-state index in [1.165, 1.54) is 19.4 Å². The lowest BCUT2D eigenvalue weighted by atomic mass is 10.0. The number of likely N-dealkylation sites (tertiary alicyclic amines) is 1. The first kappa shape index (κ1) is 20.5. The van der Waals surface area contributed by atoms with Gasteiger partial charge in [0.2, 0.25) is 5.91 Å². The van der Waals surface area contributed by atoms with Crippen molar-refractivity contribution in [3.8, 4) is 0 Å². The summed E-state index contributed by atoms with van der Waals surface area (Å²) in [6.07, 6.45) is 5.07. The third-order valence-electron chi connectivity index (χ3n) is 5.10.